The highest BCUT2D eigenvalue weighted by atomic mass is 127. The van der Waals surface area contributed by atoms with Gasteiger partial charge in [-0.25, -0.2) is 9.29 Å². The van der Waals surface area contributed by atoms with Gasteiger partial charge in [0.25, 0.3) is 11.8 Å². The Morgan fingerprint density at radius 1 is 1.15 bits per heavy atom. The standard InChI is InChI=1S/C24H14BrClFIN2O3S/c25-16-10-13(11-19(28)21(16)33-12-14-5-1-2-6-17(14)26)9-15-22(31)29-24(34)30(23(15)32)20-8-4-3-7-18(20)27/h1-11H,12H2,(H,29,31,34)/b15-9+. The van der Waals surface area contributed by atoms with Crippen LogP contribution in [0.15, 0.2) is 70.7 Å². The van der Waals surface area contributed by atoms with Gasteiger partial charge in [-0.3, -0.25) is 14.9 Å². The number of benzene rings is 3. The molecule has 5 nitrogen and oxygen atoms in total. The van der Waals surface area contributed by atoms with E-state index in [9.17, 15) is 14.0 Å². The number of halogens is 4. The van der Waals surface area contributed by atoms with Crippen molar-refractivity contribution in [1.82, 2.24) is 5.32 Å². The van der Waals surface area contributed by atoms with Crippen molar-refractivity contribution in [2.75, 3.05) is 4.90 Å². The first-order chi connectivity index (χ1) is 16.3. The second-order valence-corrected chi connectivity index (χ2v) is 9.91. The number of nitrogens with one attached hydrogen (secondary N) is 1. The molecule has 1 aliphatic heterocycles. The lowest BCUT2D eigenvalue weighted by Gasteiger charge is -2.29. The lowest BCUT2D eigenvalue weighted by Crippen LogP contribution is -2.54. The average molecular weight is 672 g/mol. The van der Waals surface area contributed by atoms with Crippen molar-refractivity contribution in [3.63, 3.8) is 0 Å². The van der Waals surface area contributed by atoms with Crippen LogP contribution in [0.5, 0.6) is 5.75 Å². The number of amides is 2. The van der Waals surface area contributed by atoms with Gasteiger partial charge in [0.2, 0.25) is 0 Å². The molecule has 0 unspecified atom stereocenters. The Bertz CT molecular complexity index is 1340. The maximum Gasteiger partial charge on any atom is 0.270 e. The molecule has 3 aromatic rings. The molecular formula is C24H14BrClFIN2O3S. The van der Waals surface area contributed by atoms with E-state index in [-0.39, 0.29) is 23.0 Å². The molecule has 2 amide bonds. The van der Waals surface area contributed by atoms with Crippen LogP contribution in [-0.2, 0) is 16.2 Å². The summed E-state index contributed by atoms with van der Waals surface area (Å²) in [5.41, 5.74) is 1.19. The van der Waals surface area contributed by atoms with Gasteiger partial charge in [-0.05, 0) is 92.7 Å². The number of carbonyl (C=O) groups excluding carboxylic acids is 2. The lowest BCUT2D eigenvalue weighted by molar-refractivity contribution is -0.122. The summed E-state index contributed by atoms with van der Waals surface area (Å²) in [5, 5.41) is 2.87. The average Bonchev–Trinajstić information content (AvgIpc) is 2.78. The Labute approximate surface area is 227 Å². The first-order valence-electron chi connectivity index (χ1n) is 9.77. The fourth-order valence-corrected chi connectivity index (χ4v) is 5.48. The molecule has 0 spiro atoms. The monoisotopic (exact) mass is 670 g/mol. The number of carbonyl (C=O) groups is 2. The summed E-state index contributed by atoms with van der Waals surface area (Å²) in [4.78, 5) is 26.6. The van der Waals surface area contributed by atoms with Crippen LogP contribution in [0.3, 0.4) is 0 Å². The zero-order valence-electron chi connectivity index (χ0n) is 17.2. The van der Waals surface area contributed by atoms with E-state index in [0.29, 0.717) is 20.8 Å². The molecule has 1 N–H and O–H groups in total. The summed E-state index contributed by atoms with van der Waals surface area (Å²) in [6, 6.07) is 16.6. The van der Waals surface area contributed by atoms with Crippen molar-refractivity contribution >= 4 is 91.0 Å². The second-order valence-electron chi connectivity index (χ2n) is 7.10. The van der Waals surface area contributed by atoms with Gasteiger partial charge in [0, 0.05) is 10.6 Å². The van der Waals surface area contributed by atoms with E-state index in [0.717, 1.165) is 14.0 Å². The molecule has 1 aliphatic rings. The van der Waals surface area contributed by atoms with Crippen LogP contribution in [0.2, 0.25) is 5.02 Å². The van der Waals surface area contributed by atoms with E-state index in [1.807, 2.05) is 18.2 Å². The number of nitrogens with zero attached hydrogens (tertiary/aromatic N) is 1. The molecule has 0 radical (unpaired) electrons. The highest BCUT2D eigenvalue weighted by Crippen LogP contribution is 2.34. The fraction of sp³-hybridized carbons (Fsp3) is 0.0417. The van der Waals surface area contributed by atoms with Gasteiger partial charge in [-0.2, -0.15) is 0 Å². The van der Waals surface area contributed by atoms with E-state index < -0.39 is 17.6 Å². The van der Waals surface area contributed by atoms with E-state index in [2.05, 4.69) is 43.8 Å². The number of anilines is 1. The maximum atomic E-state index is 14.3. The van der Waals surface area contributed by atoms with E-state index >= 15 is 0 Å². The molecule has 3 aromatic carbocycles. The predicted octanol–water partition coefficient (Wildman–Crippen LogP) is 6.26. The zero-order chi connectivity index (χ0) is 24.4. The van der Waals surface area contributed by atoms with E-state index in [1.54, 1.807) is 24.3 Å². The van der Waals surface area contributed by atoms with Gasteiger partial charge in [0.1, 0.15) is 23.7 Å². The molecule has 1 fully saturated rings. The van der Waals surface area contributed by atoms with Crippen LogP contribution >= 0.6 is 62.3 Å². The molecule has 1 saturated heterocycles. The van der Waals surface area contributed by atoms with Gasteiger partial charge >= 0.3 is 0 Å². The van der Waals surface area contributed by atoms with Crippen molar-refractivity contribution in [2.45, 2.75) is 6.61 Å². The lowest BCUT2D eigenvalue weighted by atomic mass is 10.1. The topological polar surface area (TPSA) is 58.6 Å². The molecule has 172 valence electrons. The smallest absolute Gasteiger partial charge is 0.270 e. The molecule has 34 heavy (non-hydrogen) atoms. The SMILES string of the molecule is O=C1NC(=S)N(c2ccccc2F)C(=O)/C1=C/c1cc(Br)c(OCc2ccccc2Cl)c(I)c1. The molecule has 0 aromatic heterocycles. The van der Waals surface area contributed by atoms with Gasteiger partial charge in [-0.1, -0.05) is 41.9 Å². The third kappa shape index (κ3) is 5.17. The molecule has 10 heteroatoms. The van der Waals surface area contributed by atoms with Crippen LogP contribution < -0.4 is 15.0 Å². The summed E-state index contributed by atoms with van der Waals surface area (Å²) >= 11 is 16.9. The Kier molecular flexibility index (Phi) is 7.66. The van der Waals surface area contributed by atoms with Gasteiger partial charge in [0.05, 0.1) is 13.7 Å². The van der Waals surface area contributed by atoms with Crippen molar-refractivity contribution in [3.05, 3.63) is 96.2 Å². The van der Waals surface area contributed by atoms with Crippen LogP contribution in [0, 0.1) is 9.39 Å². The van der Waals surface area contributed by atoms with Crippen LogP contribution in [0.25, 0.3) is 6.08 Å². The summed E-state index contributed by atoms with van der Waals surface area (Å²) in [6.45, 7) is 0.268. The minimum Gasteiger partial charge on any atom is -0.487 e. The third-order valence-electron chi connectivity index (χ3n) is 4.86. The number of hydrogen-bond acceptors (Lipinski definition) is 4. The van der Waals surface area contributed by atoms with Crippen LogP contribution in [0.4, 0.5) is 10.1 Å². The third-order valence-corrected chi connectivity index (χ3v) is 6.90. The van der Waals surface area contributed by atoms with Crippen LogP contribution in [-0.4, -0.2) is 16.9 Å². The zero-order valence-corrected chi connectivity index (χ0v) is 22.5. The molecular weight excluding hydrogens is 658 g/mol. The number of rotatable bonds is 5. The summed E-state index contributed by atoms with van der Waals surface area (Å²) < 4.78 is 21.7. The Balaban J connectivity index is 1.63. The molecule has 4 rings (SSSR count). The van der Waals surface area contributed by atoms with Gasteiger partial charge in [-0.15, -0.1) is 0 Å². The van der Waals surface area contributed by atoms with Crippen molar-refractivity contribution < 1.29 is 18.7 Å². The highest BCUT2D eigenvalue weighted by molar-refractivity contribution is 14.1. The van der Waals surface area contributed by atoms with Gasteiger partial charge in [0.15, 0.2) is 5.11 Å². The Morgan fingerprint density at radius 3 is 2.56 bits per heavy atom. The van der Waals surface area contributed by atoms with Gasteiger partial charge < -0.3 is 4.74 Å². The van der Waals surface area contributed by atoms with E-state index in [1.165, 1.54) is 24.3 Å². The normalized spacial score (nSPS) is 15.0. The number of ether oxygens (including phenoxy) is 1. The minimum atomic E-state index is -0.718. The van der Waals surface area contributed by atoms with Crippen LogP contribution in [0.1, 0.15) is 11.1 Å². The number of para-hydroxylation sites is 1. The molecule has 0 saturated carbocycles. The van der Waals surface area contributed by atoms with Crippen molar-refractivity contribution in [1.29, 1.82) is 0 Å². The quantitative estimate of drug-likeness (QED) is 0.151. The molecule has 0 aliphatic carbocycles. The molecule has 1 heterocycles. The second kappa shape index (κ2) is 10.5. The first kappa shape index (κ1) is 24.8. The summed E-state index contributed by atoms with van der Waals surface area (Å²) in [5.74, 6) is -1.42. The highest BCUT2D eigenvalue weighted by Gasteiger charge is 2.35. The molecule has 0 bridgehead atoms. The Morgan fingerprint density at radius 2 is 1.85 bits per heavy atom. The number of hydrogen-bond donors (Lipinski definition) is 1. The summed E-state index contributed by atoms with van der Waals surface area (Å²) in [7, 11) is 0. The largest absolute Gasteiger partial charge is 0.487 e. The first-order valence-corrected chi connectivity index (χ1v) is 12.4. The predicted molar refractivity (Wildman–Crippen MR) is 145 cm³/mol. The number of thiocarbonyl (C=S) groups is 1. The molecule has 0 atom stereocenters. The minimum absolute atomic E-state index is 0.0394. The maximum absolute atomic E-state index is 14.3. The van der Waals surface area contributed by atoms with Crippen molar-refractivity contribution in [2.24, 2.45) is 0 Å². The Hall–Kier alpha value is -2.34. The fourth-order valence-electron chi connectivity index (χ4n) is 3.24. The summed E-state index contributed by atoms with van der Waals surface area (Å²) in [6.07, 6.45) is 1.43. The van der Waals surface area contributed by atoms with E-state index in [4.69, 9.17) is 28.6 Å². The van der Waals surface area contributed by atoms with Crippen molar-refractivity contribution in [3.8, 4) is 5.75 Å².